The van der Waals surface area contributed by atoms with Gasteiger partial charge in [-0.25, -0.2) is 4.39 Å². The number of benzene rings is 1. The summed E-state index contributed by atoms with van der Waals surface area (Å²) in [6.45, 7) is 7.78. The monoisotopic (exact) mass is 266 g/mol. The van der Waals surface area contributed by atoms with Gasteiger partial charge in [0.25, 0.3) is 0 Å². The van der Waals surface area contributed by atoms with Crippen LogP contribution >= 0.6 is 0 Å². The number of aryl methyl sites for hydroxylation is 2. The summed E-state index contributed by atoms with van der Waals surface area (Å²) in [7, 11) is 0. The molecule has 0 saturated carbocycles. The lowest BCUT2D eigenvalue weighted by Crippen LogP contribution is -2.44. The highest BCUT2D eigenvalue weighted by Gasteiger charge is 2.18. The van der Waals surface area contributed by atoms with Crippen LogP contribution in [0.5, 0.6) is 0 Å². The summed E-state index contributed by atoms with van der Waals surface area (Å²) in [4.78, 5) is 11.8. The molecular weight excluding hydrogens is 243 g/mol. The van der Waals surface area contributed by atoms with Gasteiger partial charge in [0.05, 0.1) is 6.04 Å². The van der Waals surface area contributed by atoms with Crippen LogP contribution in [0.15, 0.2) is 12.1 Å². The Morgan fingerprint density at radius 1 is 1.37 bits per heavy atom. The third kappa shape index (κ3) is 4.03. The van der Waals surface area contributed by atoms with Crippen LogP contribution in [0.25, 0.3) is 0 Å². The number of nitrogens with two attached hydrogens (primary N) is 1. The molecule has 0 heterocycles. The van der Waals surface area contributed by atoms with Crippen LogP contribution in [0.3, 0.4) is 0 Å². The fourth-order valence-corrected chi connectivity index (χ4v) is 1.96. The van der Waals surface area contributed by atoms with Gasteiger partial charge < -0.3 is 11.1 Å². The number of hydrogen-bond donors (Lipinski definition) is 2. The van der Waals surface area contributed by atoms with Gasteiger partial charge in [0.2, 0.25) is 5.91 Å². The first-order chi connectivity index (χ1) is 8.86. The van der Waals surface area contributed by atoms with Crippen molar-refractivity contribution in [3.8, 4) is 0 Å². The molecule has 0 bridgehead atoms. The van der Waals surface area contributed by atoms with Crippen molar-refractivity contribution in [3.05, 3.63) is 34.6 Å². The van der Waals surface area contributed by atoms with E-state index < -0.39 is 6.04 Å². The molecule has 0 saturated heterocycles. The van der Waals surface area contributed by atoms with E-state index >= 15 is 0 Å². The number of carbonyl (C=O) groups excluding carboxylic acids is 1. The Kier molecular flexibility index (Phi) is 5.48. The predicted molar refractivity (Wildman–Crippen MR) is 75.2 cm³/mol. The summed E-state index contributed by atoms with van der Waals surface area (Å²) in [5.41, 5.74) is 7.92. The molecule has 0 aliphatic rings. The Balaban J connectivity index is 2.65. The normalized spacial score (nSPS) is 14.0. The summed E-state index contributed by atoms with van der Waals surface area (Å²) >= 11 is 0. The van der Waals surface area contributed by atoms with Gasteiger partial charge in [-0.15, -0.1) is 0 Å². The molecular formula is C15H23FN2O. The van der Waals surface area contributed by atoms with E-state index in [9.17, 15) is 9.18 Å². The molecule has 0 aliphatic heterocycles. The van der Waals surface area contributed by atoms with Gasteiger partial charge in [-0.1, -0.05) is 32.4 Å². The summed E-state index contributed by atoms with van der Waals surface area (Å²) in [6.07, 6.45) is 0.864. The van der Waals surface area contributed by atoms with Crippen LogP contribution in [0.4, 0.5) is 4.39 Å². The highest BCUT2D eigenvalue weighted by atomic mass is 19.1. The summed E-state index contributed by atoms with van der Waals surface area (Å²) in [5.74, 6) is -0.197. The highest BCUT2D eigenvalue weighted by Crippen LogP contribution is 2.14. The van der Waals surface area contributed by atoms with E-state index in [4.69, 9.17) is 5.73 Å². The van der Waals surface area contributed by atoms with Crippen molar-refractivity contribution in [1.82, 2.24) is 5.32 Å². The topological polar surface area (TPSA) is 55.1 Å². The molecule has 0 fully saturated rings. The van der Waals surface area contributed by atoms with E-state index in [1.807, 2.05) is 13.8 Å². The summed E-state index contributed by atoms with van der Waals surface area (Å²) in [5, 5.41) is 2.80. The van der Waals surface area contributed by atoms with Crippen LogP contribution in [-0.2, 0) is 11.3 Å². The van der Waals surface area contributed by atoms with Crippen molar-refractivity contribution in [3.63, 3.8) is 0 Å². The van der Waals surface area contributed by atoms with Gasteiger partial charge in [-0.05, 0) is 36.5 Å². The second-order valence-electron chi connectivity index (χ2n) is 5.17. The molecule has 0 aromatic heterocycles. The lowest BCUT2D eigenvalue weighted by atomic mass is 9.99. The van der Waals surface area contributed by atoms with Gasteiger partial charge in [0.15, 0.2) is 0 Å². The second kappa shape index (κ2) is 6.66. The van der Waals surface area contributed by atoms with Gasteiger partial charge in [-0.3, -0.25) is 4.79 Å². The van der Waals surface area contributed by atoms with Gasteiger partial charge in [0.1, 0.15) is 5.82 Å². The molecule has 106 valence electrons. The molecule has 4 heteroatoms. The maximum Gasteiger partial charge on any atom is 0.237 e. The Bertz CT molecular complexity index is 436. The van der Waals surface area contributed by atoms with Crippen molar-refractivity contribution in [2.75, 3.05) is 0 Å². The van der Waals surface area contributed by atoms with E-state index in [0.717, 1.165) is 12.0 Å². The summed E-state index contributed by atoms with van der Waals surface area (Å²) < 4.78 is 13.5. The van der Waals surface area contributed by atoms with Gasteiger partial charge >= 0.3 is 0 Å². The first-order valence-corrected chi connectivity index (χ1v) is 6.65. The van der Waals surface area contributed by atoms with Crippen LogP contribution in [0.1, 0.15) is 37.0 Å². The van der Waals surface area contributed by atoms with Gasteiger partial charge in [0, 0.05) is 6.54 Å². The molecule has 1 aromatic rings. The van der Waals surface area contributed by atoms with Crippen LogP contribution in [0, 0.1) is 25.6 Å². The van der Waals surface area contributed by atoms with Crippen LogP contribution < -0.4 is 11.1 Å². The standard InChI is InChI=1S/C15H23FN2O/c1-5-9(2)14(17)15(19)18-8-12-6-10(3)13(16)11(4)7-12/h6-7,9,14H,5,8,17H2,1-4H3,(H,18,19)/t9-,14-/m0/s1. The van der Waals surface area contributed by atoms with Crippen LogP contribution in [-0.4, -0.2) is 11.9 Å². The van der Waals surface area contributed by atoms with E-state index in [1.165, 1.54) is 0 Å². The molecule has 1 amide bonds. The largest absolute Gasteiger partial charge is 0.351 e. The number of rotatable bonds is 5. The van der Waals surface area contributed by atoms with E-state index in [2.05, 4.69) is 5.32 Å². The lowest BCUT2D eigenvalue weighted by molar-refractivity contribution is -0.123. The smallest absolute Gasteiger partial charge is 0.237 e. The van der Waals surface area contributed by atoms with Gasteiger partial charge in [-0.2, -0.15) is 0 Å². The number of carbonyl (C=O) groups is 1. The first-order valence-electron chi connectivity index (χ1n) is 6.65. The second-order valence-corrected chi connectivity index (χ2v) is 5.17. The zero-order valence-corrected chi connectivity index (χ0v) is 12.1. The maximum absolute atomic E-state index is 13.5. The third-order valence-electron chi connectivity index (χ3n) is 3.52. The van der Waals surface area contributed by atoms with Crippen molar-refractivity contribution in [2.45, 2.75) is 46.7 Å². The highest BCUT2D eigenvalue weighted by molar-refractivity contribution is 5.81. The molecule has 3 nitrogen and oxygen atoms in total. The minimum absolute atomic E-state index is 0.150. The molecule has 2 atom stereocenters. The predicted octanol–water partition coefficient (Wildman–Crippen LogP) is 2.43. The third-order valence-corrected chi connectivity index (χ3v) is 3.52. The molecule has 0 radical (unpaired) electrons. The molecule has 0 aliphatic carbocycles. The van der Waals surface area contributed by atoms with E-state index in [-0.39, 0.29) is 17.6 Å². The molecule has 3 N–H and O–H groups in total. The number of hydrogen-bond acceptors (Lipinski definition) is 2. The Morgan fingerprint density at radius 2 is 1.89 bits per heavy atom. The zero-order valence-electron chi connectivity index (χ0n) is 12.1. The number of halogens is 1. The lowest BCUT2D eigenvalue weighted by Gasteiger charge is -2.18. The fourth-order valence-electron chi connectivity index (χ4n) is 1.96. The Morgan fingerprint density at radius 3 is 2.37 bits per heavy atom. The minimum Gasteiger partial charge on any atom is -0.351 e. The maximum atomic E-state index is 13.5. The SMILES string of the molecule is CC[C@H](C)[C@H](N)C(=O)NCc1cc(C)c(F)c(C)c1. The van der Waals surface area contributed by atoms with Crippen molar-refractivity contribution < 1.29 is 9.18 Å². The Hall–Kier alpha value is -1.42. The molecule has 0 spiro atoms. The fraction of sp³-hybridized carbons (Fsp3) is 0.533. The van der Waals surface area contributed by atoms with Crippen molar-refractivity contribution in [2.24, 2.45) is 11.7 Å². The summed E-state index contributed by atoms with van der Waals surface area (Å²) in [6, 6.07) is 3.00. The first kappa shape index (κ1) is 15.6. The van der Waals surface area contributed by atoms with E-state index in [0.29, 0.717) is 17.7 Å². The Labute approximate surface area is 114 Å². The van der Waals surface area contributed by atoms with Crippen LogP contribution in [0.2, 0.25) is 0 Å². The number of nitrogens with one attached hydrogen (secondary N) is 1. The zero-order chi connectivity index (χ0) is 14.6. The number of amides is 1. The van der Waals surface area contributed by atoms with Crippen molar-refractivity contribution >= 4 is 5.91 Å². The molecule has 19 heavy (non-hydrogen) atoms. The average molecular weight is 266 g/mol. The minimum atomic E-state index is -0.493. The average Bonchev–Trinajstić information content (AvgIpc) is 2.40. The molecule has 1 aromatic carbocycles. The molecule has 1 rings (SSSR count). The molecule has 0 unspecified atom stereocenters. The quantitative estimate of drug-likeness (QED) is 0.860. The van der Waals surface area contributed by atoms with E-state index in [1.54, 1.807) is 26.0 Å². The van der Waals surface area contributed by atoms with Crippen molar-refractivity contribution in [1.29, 1.82) is 0 Å².